The third kappa shape index (κ3) is 54.0. The van der Waals surface area contributed by atoms with E-state index in [1.807, 2.05) is 0 Å². The van der Waals surface area contributed by atoms with Crippen molar-refractivity contribution in [2.24, 2.45) is 11.8 Å². The molecular formula is C61H118O17P2. The lowest BCUT2D eigenvalue weighted by Gasteiger charge is -2.21. The van der Waals surface area contributed by atoms with Crippen LogP contribution < -0.4 is 0 Å². The highest BCUT2D eigenvalue weighted by molar-refractivity contribution is 7.47. The largest absolute Gasteiger partial charge is 0.472 e. The van der Waals surface area contributed by atoms with Gasteiger partial charge in [-0.25, -0.2) is 9.13 Å². The topological polar surface area (TPSA) is 237 Å². The number of ether oxygens (including phenoxy) is 4. The Labute approximate surface area is 486 Å². The van der Waals surface area contributed by atoms with E-state index >= 15 is 0 Å². The maximum Gasteiger partial charge on any atom is 0.472 e. The van der Waals surface area contributed by atoms with E-state index in [0.29, 0.717) is 25.7 Å². The molecule has 0 spiro atoms. The number of aliphatic hydroxyl groups excluding tert-OH is 1. The van der Waals surface area contributed by atoms with E-state index in [1.165, 1.54) is 109 Å². The van der Waals surface area contributed by atoms with E-state index in [2.05, 4.69) is 41.5 Å². The molecular weight excluding hydrogens is 1070 g/mol. The average Bonchev–Trinajstić information content (AvgIpc) is 3.42. The molecule has 474 valence electrons. The highest BCUT2D eigenvalue weighted by atomic mass is 31.2. The number of carbonyl (C=O) groups excluding carboxylic acids is 4. The van der Waals surface area contributed by atoms with Crippen molar-refractivity contribution < 1.29 is 80.2 Å². The number of rotatable bonds is 60. The van der Waals surface area contributed by atoms with Crippen LogP contribution in [0.4, 0.5) is 0 Å². The Morgan fingerprint density at radius 2 is 0.637 bits per heavy atom. The number of esters is 4. The van der Waals surface area contributed by atoms with Crippen molar-refractivity contribution in [2.45, 2.75) is 317 Å². The number of hydrogen-bond donors (Lipinski definition) is 3. The molecule has 0 bridgehead atoms. The summed E-state index contributed by atoms with van der Waals surface area (Å²) in [7, 11) is -9.86. The molecule has 0 saturated carbocycles. The Bertz CT molecular complexity index is 1580. The Hall–Kier alpha value is -1.94. The molecule has 0 aliphatic rings. The van der Waals surface area contributed by atoms with Gasteiger partial charge in [0.1, 0.15) is 19.3 Å². The predicted molar refractivity (Wildman–Crippen MR) is 317 cm³/mol. The second-order valence-electron chi connectivity index (χ2n) is 22.8. The molecule has 0 aromatic carbocycles. The van der Waals surface area contributed by atoms with Gasteiger partial charge in [0.25, 0.3) is 0 Å². The van der Waals surface area contributed by atoms with Crippen LogP contribution in [0.1, 0.15) is 298 Å². The summed E-state index contributed by atoms with van der Waals surface area (Å²) < 4.78 is 67.5. The SMILES string of the molecule is CCCCCCCC(=O)OC[C@H](COP(=O)(O)OC[C@H](O)COP(=O)(O)OC[C@@H](COC(=O)CCCCCCCCCCCCC(C)CC)OC(=O)CCCCCCCCCCCCCCCC(C)C)OC(=O)CCCCCCC. The van der Waals surface area contributed by atoms with Crippen LogP contribution in [-0.2, 0) is 65.4 Å². The van der Waals surface area contributed by atoms with Crippen LogP contribution in [0.15, 0.2) is 0 Å². The molecule has 3 unspecified atom stereocenters. The minimum Gasteiger partial charge on any atom is -0.462 e. The van der Waals surface area contributed by atoms with Crippen molar-refractivity contribution >= 4 is 39.5 Å². The van der Waals surface area contributed by atoms with Gasteiger partial charge in [0.05, 0.1) is 26.4 Å². The molecule has 0 aromatic rings. The van der Waals surface area contributed by atoms with Crippen molar-refractivity contribution in [3.63, 3.8) is 0 Å². The monoisotopic (exact) mass is 1180 g/mol. The Balaban J connectivity index is 5.12. The lowest BCUT2D eigenvalue weighted by molar-refractivity contribution is -0.161. The zero-order chi connectivity index (χ0) is 59.4. The highest BCUT2D eigenvalue weighted by Crippen LogP contribution is 2.45. The first kappa shape index (κ1) is 78.1. The summed E-state index contributed by atoms with van der Waals surface area (Å²) in [5.74, 6) is -0.563. The molecule has 0 aliphatic heterocycles. The Morgan fingerprint density at radius 1 is 0.362 bits per heavy atom. The van der Waals surface area contributed by atoms with Gasteiger partial charge in [0.2, 0.25) is 0 Å². The molecule has 80 heavy (non-hydrogen) atoms. The molecule has 0 heterocycles. The maximum atomic E-state index is 13.0. The lowest BCUT2D eigenvalue weighted by Crippen LogP contribution is -2.30. The number of hydrogen-bond acceptors (Lipinski definition) is 15. The zero-order valence-electron chi connectivity index (χ0n) is 51.4. The maximum absolute atomic E-state index is 13.0. The van der Waals surface area contributed by atoms with E-state index in [9.17, 15) is 43.2 Å². The van der Waals surface area contributed by atoms with Crippen LogP contribution in [0.25, 0.3) is 0 Å². The van der Waals surface area contributed by atoms with E-state index in [0.717, 1.165) is 108 Å². The van der Waals surface area contributed by atoms with Crippen LogP contribution in [0.5, 0.6) is 0 Å². The molecule has 3 N–H and O–H groups in total. The van der Waals surface area contributed by atoms with Gasteiger partial charge in [0, 0.05) is 25.7 Å². The summed E-state index contributed by atoms with van der Waals surface area (Å²) in [6.07, 6.45) is 35.5. The minimum atomic E-state index is -4.94. The number of aliphatic hydroxyl groups is 1. The first-order chi connectivity index (χ1) is 38.4. The molecule has 0 aliphatic carbocycles. The zero-order valence-corrected chi connectivity index (χ0v) is 53.2. The van der Waals surface area contributed by atoms with E-state index in [-0.39, 0.29) is 25.7 Å². The van der Waals surface area contributed by atoms with Gasteiger partial charge in [-0.05, 0) is 37.5 Å². The van der Waals surface area contributed by atoms with Crippen LogP contribution in [-0.4, -0.2) is 96.7 Å². The molecule has 0 amide bonds. The van der Waals surface area contributed by atoms with Crippen molar-refractivity contribution in [3.8, 4) is 0 Å². The Morgan fingerprint density at radius 3 is 0.950 bits per heavy atom. The number of phosphoric acid groups is 2. The smallest absolute Gasteiger partial charge is 0.462 e. The highest BCUT2D eigenvalue weighted by Gasteiger charge is 2.30. The van der Waals surface area contributed by atoms with E-state index < -0.39 is 97.5 Å². The van der Waals surface area contributed by atoms with Gasteiger partial charge in [-0.2, -0.15) is 0 Å². The van der Waals surface area contributed by atoms with Crippen LogP contribution >= 0.6 is 15.6 Å². The van der Waals surface area contributed by atoms with Crippen LogP contribution in [0.3, 0.4) is 0 Å². The fraction of sp³-hybridized carbons (Fsp3) is 0.934. The third-order valence-corrected chi connectivity index (χ3v) is 16.2. The van der Waals surface area contributed by atoms with Gasteiger partial charge >= 0.3 is 39.5 Å². The van der Waals surface area contributed by atoms with Gasteiger partial charge in [-0.15, -0.1) is 0 Å². The fourth-order valence-corrected chi connectivity index (χ4v) is 10.5. The predicted octanol–water partition coefficient (Wildman–Crippen LogP) is 16.5. The Kier molecular flexibility index (Phi) is 52.5. The summed E-state index contributed by atoms with van der Waals surface area (Å²) >= 11 is 0. The number of unbranched alkanes of at least 4 members (excludes halogenated alkanes) is 29. The number of phosphoric ester groups is 2. The molecule has 0 saturated heterocycles. The average molecular weight is 1190 g/mol. The van der Waals surface area contributed by atoms with Crippen LogP contribution in [0, 0.1) is 11.8 Å². The summed E-state index contributed by atoms with van der Waals surface area (Å²) in [4.78, 5) is 71.6. The van der Waals surface area contributed by atoms with Gasteiger partial charge in [0.15, 0.2) is 12.2 Å². The van der Waals surface area contributed by atoms with Gasteiger partial charge < -0.3 is 33.8 Å². The van der Waals surface area contributed by atoms with E-state index in [1.54, 1.807) is 0 Å². The second kappa shape index (κ2) is 53.8. The first-order valence-electron chi connectivity index (χ1n) is 32.0. The summed E-state index contributed by atoms with van der Waals surface area (Å²) in [6.45, 7) is 9.33. The summed E-state index contributed by atoms with van der Waals surface area (Å²) in [5, 5.41) is 10.5. The quantitative estimate of drug-likeness (QED) is 0.0222. The normalized spacial score (nSPS) is 14.7. The fourth-order valence-electron chi connectivity index (χ4n) is 8.97. The van der Waals surface area contributed by atoms with Crippen molar-refractivity contribution in [2.75, 3.05) is 39.6 Å². The molecule has 6 atom stereocenters. The molecule has 0 rings (SSSR count). The van der Waals surface area contributed by atoms with Gasteiger partial charge in [-0.3, -0.25) is 37.3 Å². The standard InChI is InChI=1S/C61H118O17P2/c1-7-10-12-29-37-43-58(63)71-49-56(77-60(65)45-39-30-13-11-8-2)51-75-79(67,68)73-47-55(62)48-74-80(69,70)76-52-57(50-72-59(64)44-38-33-27-23-20-19-22-26-32-36-42-54(6)9-3)78-61(66)46-40-34-28-24-18-16-14-15-17-21-25-31-35-41-53(4)5/h53-57,62H,7-52H2,1-6H3,(H,67,68)(H,69,70)/t54?,55-,56+,57+/m0/s1. The molecule has 19 heteroatoms. The van der Waals surface area contributed by atoms with Crippen molar-refractivity contribution in [1.82, 2.24) is 0 Å². The minimum absolute atomic E-state index is 0.0986. The summed E-state index contributed by atoms with van der Waals surface area (Å²) in [6, 6.07) is 0. The molecule has 0 radical (unpaired) electrons. The third-order valence-electron chi connectivity index (χ3n) is 14.3. The second-order valence-corrected chi connectivity index (χ2v) is 25.7. The van der Waals surface area contributed by atoms with Crippen molar-refractivity contribution in [1.29, 1.82) is 0 Å². The van der Waals surface area contributed by atoms with Gasteiger partial charge in [-0.1, -0.05) is 247 Å². The van der Waals surface area contributed by atoms with Crippen LogP contribution in [0.2, 0.25) is 0 Å². The van der Waals surface area contributed by atoms with E-state index in [4.69, 9.17) is 37.0 Å². The lowest BCUT2D eigenvalue weighted by atomic mass is 9.99. The molecule has 0 fully saturated rings. The number of carbonyl (C=O) groups is 4. The molecule has 17 nitrogen and oxygen atoms in total. The summed E-state index contributed by atoms with van der Waals surface area (Å²) in [5.41, 5.74) is 0. The molecule has 0 aromatic heterocycles. The van der Waals surface area contributed by atoms with Crippen molar-refractivity contribution in [3.05, 3.63) is 0 Å². The first-order valence-corrected chi connectivity index (χ1v) is 35.0.